The molecule has 0 amide bonds. The minimum atomic E-state index is 0.488. The van der Waals surface area contributed by atoms with Gasteiger partial charge in [-0.1, -0.05) is 249 Å². The van der Waals surface area contributed by atoms with Crippen LogP contribution in [0, 0.1) is 0 Å². The molecule has 0 unspecified atom stereocenters. The lowest BCUT2D eigenvalue weighted by Crippen LogP contribution is -2.03. The quantitative estimate of drug-likeness (QED) is 0.127. The van der Waals surface area contributed by atoms with Crippen LogP contribution in [0.4, 0.5) is 0 Å². The second-order valence-corrected chi connectivity index (χ2v) is 26.4. The molecule has 0 radical (unpaired) electrons. The van der Waals surface area contributed by atoms with E-state index in [1.165, 1.54) is 65.5 Å². The van der Waals surface area contributed by atoms with Gasteiger partial charge in [-0.2, -0.15) is 0 Å². The zero-order valence-electron chi connectivity index (χ0n) is 57.1. The lowest BCUT2D eigenvalue weighted by atomic mass is 10.0. The molecule has 0 fully saturated rings. The molecule has 106 heavy (non-hydrogen) atoms. The molecule has 0 aliphatic heterocycles. The van der Waals surface area contributed by atoms with Crippen LogP contribution in [0.2, 0.25) is 0 Å². The molecule has 21 aromatic rings. The Hall–Kier alpha value is -14.6. The number of para-hydroxylation sites is 6. The first-order valence-corrected chi connectivity index (χ1v) is 35.5. The van der Waals surface area contributed by atoms with Gasteiger partial charge in [-0.05, 0) is 120 Å². The number of benzene rings is 14. The summed E-state index contributed by atoms with van der Waals surface area (Å²) in [5.74, 6) is 2.95. The van der Waals surface area contributed by atoms with Crippen molar-refractivity contribution in [2.75, 3.05) is 0 Å². The fraction of sp³-hybridized carbons (Fsp3) is 0. The molecular weight excluding hydrogens is 1300 g/mol. The maximum Gasteiger partial charge on any atom is 0.183 e. The van der Waals surface area contributed by atoms with Gasteiger partial charge in [0.2, 0.25) is 0 Å². The summed E-state index contributed by atoms with van der Waals surface area (Å²) in [6.45, 7) is 0. The monoisotopic (exact) mass is 1360 g/mol. The molecule has 0 N–H and O–H groups in total. The number of nitrogens with zero attached hydrogens (tertiary/aromatic N) is 11. The predicted molar refractivity (Wildman–Crippen MR) is 433 cm³/mol. The Labute approximate surface area is 609 Å². The van der Waals surface area contributed by atoms with Gasteiger partial charge in [0.05, 0.1) is 49.8 Å². The van der Waals surface area contributed by atoms with Crippen LogP contribution in [0.3, 0.4) is 0 Å². The van der Waals surface area contributed by atoms with Crippen LogP contribution in [-0.2, 0) is 0 Å². The molecule has 0 spiro atoms. The molecule has 7 aromatic heterocycles. The van der Waals surface area contributed by atoms with Crippen molar-refractivity contribution in [2.24, 2.45) is 0 Å². The topological polar surface area (TPSA) is 110 Å². The summed E-state index contributed by atoms with van der Waals surface area (Å²) < 4.78 is 9.25. The molecular formula is C95H61N11. The number of fused-ring (bicyclic) bond motifs is 12. The van der Waals surface area contributed by atoms with Gasteiger partial charge in [-0.15, -0.1) is 0 Å². The zero-order chi connectivity index (χ0) is 70.0. The van der Waals surface area contributed by atoms with E-state index >= 15 is 0 Å². The first-order chi connectivity index (χ1) is 52.6. The Bertz CT molecular complexity index is 6870. The SMILES string of the molecule is c1ccc(-c2ccc(-c3nc(-c4cccc(-n5c6ccccc6c6c7ccn(-c8ccccc8)c7ccc65)c4)nc4ccccc34)cc2)cc1.c1ccc(-c2nc(-c3ccccc3)nc(-c3nc(-c4cccc(-n5c6ccccc6c6c7ccn(-c8ccccc8)c7ccc65)c4)nc4ccccc34)n2)cc1. The van der Waals surface area contributed by atoms with Crippen LogP contribution in [-0.4, -0.2) is 53.2 Å². The summed E-state index contributed by atoms with van der Waals surface area (Å²) in [5, 5.41) is 9.25. The van der Waals surface area contributed by atoms with Gasteiger partial charge < -0.3 is 18.3 Å². The molecule has 496 valence electrons. The van der Waals surface area contributed by atoms with Gasteiger partial charge in [0.1, 0.15) is 5.69 Å². The Morgan fingerprint density at radius 1 is 0.179 bits per heavy atom. The molecule has 0 saturated heterocycles. The summed E-state index contributed by atoms with van der Waals surface area (Å²) in [5.41, 5.74) is 21.7. The number of hydrogen-bond acceptors (Lipinski definition) is 7. The first kappa shape index (κ1) is 61.3. The molecule has 11 nitrogen and oxygen atoms in total. The van der Waals surface area contributed by atoms with Gasteiger partial charge in [0.15, 0.2) is 29.1 Å². The highest BCUT2D eigenvalue weighted by molar-refractivity contribution is 6.22. The second kappa shape index (κ2) is 25.8. The van der Waals surface area contributed by atoms with Crippen LogP contribution >= 0.6 is 0 Å². The first-order valence-electron chi connectivity index (χ1n) is 35.5. The van der Waals surface area contributed by atoms with Gasteiger partial charge in [0, 0.05) is 106 Å². The maximum absolute atomic E-state index is 5.25. The largest absolute Gasteiger partial charge is 0.317 e. The number of aromatic nitrogens is 11. The van der Waals surface area contributed by atoms with Gasteiger partial charge in [-0.3, -0.25) is 0 Å². The van der Waals surface area contributed by atoms with Crippen molar-refractivity contribution < 1.29 is 0 Å². The molecule has 0 saturated carbocycles. The van der Waals surface area contributed by atoms with Crippen molar-refractivity contribution in [3.8, 4) is 102 Å². The highest BCUT2D eigenvalue weighted by atomic mass is 15.1. The predicted octanol–water partition coefficient (Wildman–Crippen LogP) is 23.2. The maximum atomic E-state index is 5.25. The highest BCUT2D eigenvalue weighted by Crippen LogP contribution is 2.42. The van der Waals surface area contributed by atoms with E-state index in [0.29, 0.717) is 34.8 Å². The van der Waals surface area contributed by atoms with E-state index in [2.05, 4.69) is 292 Å². The molecule has 21 rings (SSSR count). The molecule has 0 aliphatic carbocycles. The molecule has 0 bridgehead atoms. The van der Waals surface area contributed by atoms with E-state index in [1.807, 2.05) is 97.1 Å². The van der Waals surface area contributed by atoms with Crippen molar-refractivity contribution in [1.29, 1.82) is 0 Å². The highest BCUT2D eigenvalue weighted by Gasteiger charge is 2.23. The van der Waals surface area contributed by atoms with Crippen LogP contribution in [0.1, 0.15) is 0 Å². The summed E-state index contributed by atoms with van der Waals surface area (Å²) in [6.07, 6.45) is 4.34. The Morgan fingerprint density at radius 3 is 0.991 bits per heavy atom. The standard InChI is InChI=1S/C49H31N7.C46H30N4/c1-4-15-32(16-5-1)46-52-47(33-17-6-2-7-18-33)54-49(53-46)45-37-23-10-12-25-40(37)50-48(51-45)34-19-14-22-36(31-34)56-42-26-13-11-24-38(42)44-39-29-30-55(35-20-8-3-9-21-35)41(39)27-28-43(44)56;1-3-12-31(13-4-1)32-22-24-33(25-23-32)45-37-18-7-9-20-40(37)47-46(48-45)34-14-11-17-36(30-34)50-42-21-10-8-19-38(42)44-39-28-29-49(35-15-5-2-6-16-35)41(39)26-27-43(44)50/h1-31H;1-30H. The molecule has 7 heterocycles. The third-order valence-corrected chi connectivity index (χ3v) is 20.2. The molecule has 0 atom stereocenters. The van der Waals surface area contributed by atoms with Crippen LogP contribution in [0.5, 0.6) is 0 Å². The Morgan fingerprint density at radius 2 is 0.509 bits per heavy atom. The van der Waals surface area contributed by atoms with Crippen molar-refractivity contribution in [3.05, 3.63) is 370 Å². The fourth-order valence-electron chi connectivity index (χ4n) is 15.3. The van der Waals surface area contributed by atoms with E-state index in [4.69, 9.17) is 34.9 Å². The van der Waals surface area contributed by atoms with Gasteiger partial charge in [0.25, 0.3) is 0 Å². The summed E-state index contributed by atoms with van der Waals surface area (Å²) >= 11 is 0. The normalized spacial score (nSPS) is 11.6. The lowest BCUT2D eigenvalue weighted by molar-refractivity contribution is 1.06. The number of rotatable bonds is 11. The summed E-state index contributed by atoms with van der Waals surface area (Å²) in [6, 6.07) is 124. The second-order valence-electron chi connectivity index (χ2n) is 26.4. The third kappa shape index (κ3) is 10.7. The van der Waals surface area contributed by atoms with Crippen LogP contribution in [0.15, 0.2) is 370 Å². The molecule has 11 heteroatoms. The smallest absolute Gasteiger partial charge is 0.183 e. The van der Waals surface area contributed by atoms with E-state index in [0.717, 1.165) is 89.1 Å². The van der Waals surface area contributed by atoms with Crippen molar-refractivity contribution in [2.45, 2.75) is 0 Å². The molecule has 0 aliphatic rings. The Kier molecular flexibility index (Phi) is 14.9. The Balaban J connectivity index is 0.000000141. The molecule has 14 aromatic carbocycles. The average molecular weight is 1360 g/mol. The van der Waals surface area contributed by atoms with Crippen molar-refractivity contribution in [3.63, 3.8) is 0 Å². The fourth-order valence-corrected chi connectivity index (χ4v) is 15.3. The van der Waals surface area contributed by atoms with Crippen molar-refractivity contribution in [1.82, 2.24) is 53.2 Å². The number of hydrogen-bond donors (Lipinski definition) is 0. The van der Waals surface area contributed by atoms with E-state index in [-0.39, 0.29) is 0 Å². The van der Waals surface area contributed by atoms with Crippen molar-refractivity contribution >= 4 is 87.2 Å². The van der Waals surface area contributed by atoms with E-state index < -0.39 is 0 Å². The average Bonchev–Trinajstić information content (AvgIpc) is 1.57. The minimum Gasteiger partial charge on any atom is -0.317 e. The third-order valence-electron chi connectivity index (χ3n) is 20.2. The van der Waals surface area contributed by atoms with Crippen LogP contribution < -0.4 is 0 Å². The van der Waals surface area contributed by atoms with Gasteiger partial charge >= 0.3 is 0 Å². The zero-order valence-corrected chi connectivity index (χ0v) is 57.1. The van der Waals surface area contributed by atoms with Gasteiger partial charge in [-0.25, -0.2) is 34.9 Å². The minimum absolute atomic E-state index is 0.488. The summed E-state index contributed by atoms with van der Waals surface area (Å²) in [7, 11) is 0. The van der Waals surface area contributed by atoms with E-state index in [1.54, 1.807) is 0 Å². The lowest BCUT2D eigenvalue weighted by Gasteiger charge is -2.13. The van der Waals surface area contributed by atoms with E-state index in [9.17, 15) is 0 Å². The summed E-state index contributed by atoms with van der Waals surface area (Å²) in [4.78, 5) is 35.7. The van der Waals surface area contributed by atoms with Crippen LogP contribution in [0.25, 0.3) is 189 Å².